The lowest BCUT2D eigenvalue weighted by Crippen LogP contribution is -2.25. The van der Waals surface area contributed by atoms with Crippen LogP contribution in [0.4, 0.5) is 4.39 Å². The summed E-state index contributed by atoms with van der Waals surface area (Å²) in [7, 11) is 0. The van der Waals surface area contributed by atoms with Gasteiger partial charge in [0.15, 0.2) is 0 Å². The van der Waals surface area contributed by atoms with E-state index >= 15 is 0 Å². The van der Waals surface area contributed by atoms with Crippen LogP contribution >= 0.6 is 0 Å². The van der Waals surface area contributed by atoms with E-state index in [2.05, 4.69) is 5.32 Å². The van der Waals surface area contributed by atoms with Gasteiger partial charge in [-0.25, -0.2) is 4.39 Å². The van der Waals surface area contributed by atoms with Crippen LogP contribution in [0.15, 0.2) is 18.2 Å². The zero-order chi connectivity index (χ0) is 15.2. The van der Waals surface area contributed by atoms with Gasteiger partial charge in [-0.15, -0.1) is 0 Å². The minimum atomic E-state index is -0.719. The molecule has 118 valence electrons. The minimum absolute atomic E-state index is 0.0638. The first-order valence-corrected chi connectivity index (χ1v) is 7.48. The smallest absolute Gasteiger partial charge is 0.127 e. The summed E-state index contributed by atoms with van der Waals surface area (Å²) in [5.74, 6) is 0.110. The lowest BCUT2D eigenvalue weighted by atomic mass is 10.2. The Morgan fingerprint density at radius 2 is 2.05 bits per heavy atom. The van der Waals surface area contributed by atoms with Crippen LogP contribution in [0.25, 0.3) is 0 Å². The van der Waals surface area contributed by atoms with Crippen molar-refractivity contribution < 1.29 is 19.0 Å². The molecule has 4 nitrogen and oxygen atoms in total. The summed E-state index contributed by atoms with van der Waals surface area (Å²) in [4.78, 5) is 0. The third kappa shape index (κ3) is 6.42. The summed E-state index contributed by atoms with van der Waals surface area (Å²) in [5, 5.41) is 13.1. The first kappa shape index (κ1) is 16.2. The van der Waals surface area contributed by atoms with E-state index in [1.807, 2.05) is 13.8 Å². The summed E-state index contributed by atoms with van der Waals surface area (Å²) < 4.78 is 24.3. The third-order valence-electron chi connectivity index (χ3n) is 3.17. The van der Waals surface area contributed by atoms with Crippen LogP contribution in [0, 0.1) is 5.82 Å². The number of nitrogens with one attached hydrogen (secondary N) is 1. The average molecular weight is 297 g/mol. The standard InChI is InChI=1S/C16H24FNO3/c1-11(2)20-9-15(19)10-21-16-6-12(5-13(17)7-16)8-18-14-3-4-14/h5-7,11,14-15,18-19H,3-4,8-10H2,1-2H3. The number of hydrogen-bond donors (Lipinski definition) is 2. The van der Waals surface area contributed by atoms with Gasteiger partial charge in [0.05, 0.1) is 12.7 Å². The zero-order valence-electron chi connectivity index (χ0n) is 12.6. The Labute approximate surface area is 125 Å². The van der Waals surface area contributed by atoms with Gasteiger partial charge in [-0.2, -0.15) is 0 Å². The van der Waals surface area contributed by atoms with E-state index in [-0.39, 0.29) is 25.1 Å². The van der Waals surface area contributed by atoms with Crippen LogP contribution < -0.4 is 10.1 Å². The Kier molecular flexibility index (Phi) is 5.96. The summed E-state index contributed by atoms with van der Waals surface area (Å²) >= 11 is 0. The lowest BCUT2D eigenvalue weighted by molar-refractivity contribution is -0.0123. The van der Waals surface area contributed by atoms with Crippen LogP contribution in [0.1, 0.15) is 32.3 Å². The lowest BCUT2D eigenvalue weighted by Gasteiger charge is -2.15. The molecule has 0 saturated heterocycles. The van der Waals surface area contributed by atoms with Gasteiger partial charge in [-0.05, 0) is 44.4 Å². The molecule has 1 fully saturated rings. The molecule has 21 heavy (non-hydrogen) atoms. The molecule has 1 unspecified atom stereocenters. The van der Waals surface area contributed by atoms with Crippen molar-refractivity contribution in [2.45, 2.75) is 51.5 Å². The predicted octanol–water partition coefficient (Wildman–Crippen LogP) is 2.24. The van der Waals surface area contributed by atoms with Crippen LogP contribution in [-0.2, 0) is 11.3 Å². The topological polar surface area (TPSA) is 50.7 Å². The van der Waals surface area contributed by atoms with Crippen molar-refractivity contribution in [3.8, 4) is 5.75 Å². The number of aliphatic hydroxyl groups excluding tert-OH is 1. The summed E-state index contributed by atoms with van der Waals surface area (Å²) in [6.45, 7) is 4.74. The molecule has 1 aliphatic carbocycles. The molecule has 5 heteroatoms. The van der Waals surface area contributed by atoms with Crippen LogP contribution in [0.5, 0.6) is 5.75 Å². The fraction of sp³-hybridized carbons (Fsp3) is 0.625. The average Bonchev–Trinajstić information content (AvgIpc) is 3.24. The van der Waals surface area contributed by atoms with Crippen molar-refractivity contribution in [2.24, 2.45) is 0 Å². The first-order valence-electron chi connectivity index (χ1n) is 7.48. The second-order valence-electron chi connectivity index (χ2n) is 5.80. The molecule has 0 aromatic heterocycles. The second kappa shape index (κ2) is 7.73. The highest BCUT2D eigenvalue weighted by atomic mass is 19.1. The zero-order valence-corrected chi connectivity index (χ0v) is 12.6. The minimum Gasteiger partial charge on any atom is -0.491 e. The van der Waals surface area contributed by atoms with E-state index in [1.54, 1.807) is 6.07 Å². The number of ether oxygens (including phenoxy) is 2. The molecule has 0 spiro atoms. The molecule has 1 aromatic carbocycles. The van der Waals surface area contributed by atoms with Crippen molar-refractivity contribution in [3.63, 3.8) is 0 Å². The van der Waals surface area contributed by atoms with E-state index in [9.17, 15) is 9.50 Å². The maximum atomic E-state index is 13.6. The molecule has 1 aromatic rings. The third-order valence-corrected chi connectivity index (χ3v) is 3.17. The normalized spacial score (nSPS) is 16.2. The van der Waals surface area contributed by atoms with Crippen molar-refractivity contribution in [1.82, 2.24) is 5.32 Å². The van der Waals surface area contributed by atoms with Crippen molar-refractivity contribution in [1.29, 1.82) is 0 Å². The number of hydrogen-bond acceptors (Lipinski definition) is 4. The SMILES string of the molecule is CC(C)OCC(O)COc1cc(F)cc(CNC2CC2)c1. The molecule has 0 radical (unpaired) electrons. The first-order chi connectivity index (χ1) is 10.0. The van der Waals surface area contributed by atoms with Gasteiger partial charge in [-0.1, -0.05) is 0 Å². The van der Waals surface area contributed by atoms with E-state index in [4.69, 9.17) is 9.47 Å². The van der Waals surface area contributed by atoms with Gasteiger partial charge in [0.2, 0.25) is 0 Å². The molecular formula is C16H24FNO3. The Morgan fingerprint density at radius 3 is 2.71 bits per heavy atom. The van der Waals surface area contributed by atoms with E-state index in [1.165, 1.54) is 25.0 Å². The molecule has 0 heterocycles. The maximum Gasteiger partial charge on any atom is 0.127 e. The van der Waals surface area contributed by atoms with E-state index < -0.39 is 6.10 Å². The van der Waals surface area contributed by atoms with E-state index in [0.29, 0.717) is 18.3 Å². The highest BCUT2D eigenvalue weighted by Gasteiger charge is 2.20. The Balaban J connectivity index is 1.80. The fourth-order valence-corrected chi connectivity index (χ4v) is 1.90. The van der Waals surface area contributed by atoms with Crippen LogP contribution in [0.3, 0.4) is 0 Å². The largest absolute Gasteiger partial charge is 0.491 e. The van der Waals surface area contributed by atoms with Crippen LogP contribution in [0.2, 0.25) is 0 Å². The van der Waals surface area contributed by atoms with Crippen molar-refractivity contribution >= 4 is 0 Å². The quantitative estimate of drug-likeness (QED) is 0.734. The Morgan fingerprint density at radius 1 is 1.29 bits per heavy atom. The molecule has 1 atom stereocenters. The maximum absolute atomic E-state index is 13.6. The van der Waals surface area contributed by atoms with Gasteiger partial charge < -0.3 is 19.9 Å². The van der Waals surface area contributed by atoms with Gasteiger partial charge in [0.25, 0.3) is 0 Å². The van der Waals surface area contributed by atoms with Gasteiger partial charge in [-0.3, -0.25) is 0 Å². The van der Waals surface area contributed by atoms with Crippen molar-refractivity contribution in [3.05, 3.63) is 29.6 Å². The Hall–Kier alpha value is -1.17. The molecule has 0 amide bonds. The van der Waals surface area contributed by atoms with Gasteiger partial charge in [0, 0.05) is 18.7 Å². The van der Waals surface area contributed by atoms with E-state index in [0.717, 1.165) is 5.56 Å². The summed E-state index contributed by atoms with van der Waals surface area (Å²) in [6, 6.07) is 5.21. The molecular weight excluding hydrogens is 273 g/mol. The molecule has 1 aliphatic rings. The van der Waals surface area contributed by atoms with Gasteiger partial charge >= 0.3 is 0 Å². The second-order valence-corrected chi connectivity index (χ2v) is 5.80. The number of benzene rings is 1. The molecule has 0 bridgehead atoms. The fourth-order valence-electron chi connectivity index (χ4n) is 1.90. The number of halogens is 1. The van der Waals surface area contributed by atoms with Gasteiger partial charge in [0.1, 0.15) is 24.3 Å². The monoisotopic (exact) mass is 297 g/mol. The Bertz CT molecular complexity index is 449. The van der Waals surface area contributed by atoms with Crippen LogP contribution in [-0.4, -0.2) is 36.6 Å². The molecule has 0 aliphatic heterocycles. The molecule has 2 N–H and O–H groups in total. The summed E-state index contributed by atoms with van der Waals surface area (Å²) in [5.41, 5.74) is 0.852. The number of rotatable bonds is 9. The molecule has 2 rings (SSSR count). The summed E-state index contributed by atoms with van der Waals surface area (Å²) in [6.07, 6.45) is 1.74. The van der Waals surface area contributed by atoms with Crippen molar-refractivity contribution in [2.75, 3.05) is 13.2 Å². The predicted molar refractivity (Wildman–Crippen MR) is 78.9 cm³/mol. The molecule has 1 saturated carbocycles. The highest BCUT2D eigenvalue weighted by molar-refractivity contribution is 5.29. The number of aliphatic hydroxyl groups is 1. The highest BCUT2D eigenvalue weighted by Crippen LogP contribution is 2.21.